The Labute approximate surface area is 116 Å². The predicted octanol–water partition coefficient (Wildman–Crippen LogP) is 2.83. The van der Waals surface area contributed by atoms with Crippen LogP contribution in [0.25, 0.3) is 10.9 Å². The molecule has 0 bridgehead atoms. The lowest BCUT2D eigenvalue weighted by atomic mass is 10.1. The number of anilines is 1. The zero-order valence-corrected chi connectivity index (χ0v) is 11.3. The quantitative estimate of drug-likeness (QED) is 0.749. The summed E-state index contributed by atoms with van der Waals surface area (Å²) in [7, 11) is 0. The van der Waals surface area contributed by atoms with E-state index in [1.54, 1.807) is 6.07 Å². The summed E-state index contributed by atoms with van der Waals surface area (Å²) in [5.41, 5.74) is 3.70. The molecule has 3 rings (SSSR count). The van der Waals surface area contributed by atoms with E-state index in [9.17, 15) is 4.79 Å². The Kier molecular flexibility index (Phi) is 2.95. The topological polar surface area (TPSA) is 70.7 Å². The lowest BCUT2D eigenvalue weighted by Gasteiger charge is -2.08. The van der Waals surface area contributed by atoms with Gasteiger partial charge in [-0.05, 0) is 32.0 Å². The molecule has 2 aromatic heterocycles. The molecule has 0 aliphatic carbocycles. The average Bonchev–Trinajstić information content (AvgIpc) is 2.85. The monoisotopic (exact) mass is 266 g/mol. The van der Waals surface area contributed by atoms with Gasteiger partial charge in [0.15, 0.2) is 5.69 Å². The predicted molar refractivity (Wildman–Crippen MR) is 77.8 cm³/mol. The lowest BCUT2D eigenvalue weighted by molar-refractivity contribution is 0.102. The van der Waals surface area contributed by atoms with Crippen LogP contribution in [0, 0.1) is 13.8 Å². The van der Waals surface area contributed by atoms with Crippen molar-refractivity contribution in [2.45, 2.75) is 13.8 Å². The first-order valence-electron chi connectivity index (χ1n) is 6.33. The first-order valence-corrected chi connectivity index (χ1v) is 6.33. The fourth-order valence-corrected chi connectivity index (χ4v) is 2.13. The van der Waals surface area contributed by atoms with Crippen molar-refractivity contribution in [3.63, 3.8) is 0 Å². The van der Waals surface area contributed by atoms with Gasteiger partial charge in [0.25, 0.3) is 5.91 Å². The van der Waals surface area contributed by atoms with Crippen molar-refractivity contribution in [1.82, 2.24) is 15.2 Å². The van der Waals surface area contributed by atoms with Gasteiger partial charge in [0, 0.05) is 16.8 Å². The fourth-order valence-electron chi connectivity index (χ4n) is 2.13. The zero-order chi connectivity index (χ0) is 14.1. The van der Waals surface area contributed by atoms with Gasteiger partial charge in [-0.2, -0.15) is 5.10 Å². The molecule has 2 heterocycles. The minimum atomic E-state index is -0.231. The summed E-state index contributed by atoms with van der Waals surface area (Å²) in [5.74, 6) is -0.231. The Balaban J connectivity index is 2.00. The van der Waals surface area contributed by atoms with Gasteiger partial charge in [-0.25, -0.2) is 0 Å². The fraction of sp³-hybridized carbons (Fsp3) is 0.133. The number of benzene rings is 1. The zero-order valence-electron chi connectivity index (χ0n) is 11.3. The van der Waals surface area contributed by atoms with E-state index < -0.39 is 0 Å². The van der Waals surface area contributed by atoms with Gasteiger partial charge in [-0.3, -0.25) is 14.9 Å². The average molecular weight is 266 g/mol. The molecule has 20 heavy (non-hydrogen) atoms. The second-order valence-electron chi connectivity index (χ2n) is 4.72. The summed E-state index contributed by atoms with van der Waals surface area (Å²) in [6.07, 6.45) is 0. The second kappa shape index (κ2) is 4.77. The van der Waals surface area contributed by atoms with Crippen LogP contribution in [-0.2, 0) is 0 Å². The molecule has 0 spiro atoms. The molecule has 0 atom stereocenters. The molecule has 0 saturated heterocycles. The van der Waals surface area contributed by atoms with Crippen molar-refractivity contribution in [3.05, 3.63) is 53.5 Å². The summed E-state index contributed by atoms with van der Waals surface area (Å²) >= 11 is 0. The third-order valence-corrected chi connectivity index (χ3v) is 3.03. The molecule has 1 aromatic carbocycles. The number of hydrogen-bond acceptors (Lipinski definition) is 3. The standard InChI is InChI=1S/C15H14N4O/c1-9-7-13(11-5-3-4-6-12(11)16-9)17-15(20)14-8-10(2)18-19-14/h3-8H,1-2H3,(H,18,19)(H,16,17,20). The molecular weight excluding hydrogens is 252 g/mol. The van der Waals surface area contributed by atoms with Crippen LogP contribution in [0.15, 0.2) is 36.4 Å². The van der Waals surface area contributed by atoms with E-state index in [0.717, 1.165) is 28.0 Å². The number of carbonyl (C=O) groups is 1. The van der Waals surface area contributed by atoms with E-state index in [-0.39, 0.29) is 5.91 Å². The summed E-state index contributed by atoms with van der Waals surface area (Å²) in [6.45, 7) is 3.76. The van der Waals surface area contributed by atoms with E-state index in [1.165, 1.54) is 0 Å². The lowest BCUT2D eigenvalue weighted by Crippen LogP contribution is -2.13. The molecule has 0 fully saturated rings. The Hall–Kier alpha value is -2.69. The number of aromatic nitrogens is 3. The SMILES string of the molecule is Cc1cc(NC(=O)c2cc(C)[nH]n2)c2ccccc2n1. The Morgan fingerprint density at radius 3 is 2.75 bits per heavy atom. The second-order valence-corrected chi connectivity index (χ2v) is 4.72. The highest BCUT2D eigenvalue weighted by atomic mass is 16.1. The van der Waals surface area contributed by atoms with Gasteiger partial charge in [-0.1, -0.05) is 18.2 Å². The number of amides is 1. The van der Waals surface area contributed by atoms with Gasteiger partial charge in [0.1, 0.15) is 0 Å². The Morgan fingerprint density at radius 2 is 2.00 bits per heavy atom. The minimum absolute atomic E-state index is 0.231. The number of nitrogens with one attached hydrogen (secondary N) is 2. The molecule has 100 valence electrons. The van der Waals surface area contributed by atoms with E-state index in [2.05, 4.69) is 20.5 Å². The van der Waals surface area contributed by atoms with Crippen LogP contribution in [0.5, 0.6) is 0 Å². The summed E-state index contributed by atoms with van der Waals surface area (Å²) in [6, 6.07) is 11.3. The number of carbonyl (C=O) groups excluding carboxylic acids is 1. The highest BCUT2D eigenvalue weighted by Gasteiger charge is 2.12. The number of pyridine rings is 1. The largest absolute Gasteiger partial charge is 0.320 e. The van der Waals surface area contributed by atoms with E-state index in [1.807, 2.05) is 44.2 Å². The number of rotatable bonds is 2. The Bertz CT molecular complexity index is 791. The summed E-state index contributed by atoms with van der Waals surface area (Å²) in [5, 5.41) is 10.5. The van der Waals surface area contributed by atoms with Gasteiger partial charge >= 0.3 is 0 Å². The van der Waals surface area contributed by atoms with Gasteiger partial charge in [0.2, 0.25) is 0 Å². The number of aromatic amines is 1. The molecule has 2 N–H and O–H groups in total. The number of hydrogen-bond donors (Lipinski definition) is 2. The molecular formula is C15H14N4O. The molecule has 1 amide bonds. The molecule has 0 aliphatic rings. The number of para-hydroxylation sites is 1. The van der Waals surface area contributed by atoms with Crippen LogP contribution in [0.3, 0.4) is 0 Å². The van der Waals surface area contributed by atoms with Crippen molar-refractivity contribution in [2.75, 3.05) is 5.32 Å². The minimum Gasteiger partial charge on any atom is -0.320 e. The smallest absolute Gasteiger partial charge is 0.276 e. The van der Waals surface area contributed by atoms with Crippen LogP contribution in [-0.4, -0.2) is 21.1 Å². The van der Waals surface area contributed by atoms with E-state index in [4.69, 9.17) is 0 Å². The van der Waals surface area contributed by atoms with Crippen molar-refractivity contribution in [1.29, 1.82) is 0 Å². The van der Waals surface area contributed by atoms with Crippen molar-refractivity contribution >= 4 is 22.5 Å². The van der Waals surface area contributed by atoms with Crippen LogP contribution in [0.2, 0.25) is 0 Å². The molecule has 5 nitrogen and oxygen atoms in total. The number of aryl methyl sites for hydroxylation is 2. The maximum Gasteiger partial charge on any atom is 0.276 e. The molecule has 3 aromatic rings. The number of nitrogens with zero attached hydrogens (tertiary/aromatic N) is 2. The van der Waals surface area contributed by atoms with Crippen LogP contribution < -0.4 is 5.32 Å². The first-order chi connectivity index (χ1) is 9.63. The third-order valence-electron chi connectivity index (χ3n) is 3.03. The molecule has 0 radical (unpaired) electrons. The normalized spacial score (nSPS) is 10.7. The number of fused-ring (bicyclic) bond motifs is 1. The third kappa shape index (κ3) is 2.25. The highest BCUT2D eigenvalue weighted by molar-refractivity contribution is 6.07. The molecule has 5 heteroatoms. The maximum atomic E-state index is 12.2. The van der Waals surface area contributed by atoms with Gasteiger partial charge in [0.05, 0.1) is 11.2 Å². The van der Waals surface area contributed by atoms with Gasteiger partial charge < -0.3 is 5.32 Å². The number of H-pyrrole nitrogens is 1. The van der Waals surface area contributed by atoms with Crippen LogP contribution >= 0.6 is 0 Å². The maximum absolute atomic E-state index is 12.2. The molecule has 0 saturated carbocycles. The Morgan fingerprint density at radius 1 is 1.20 bits per heavy atom. The van der Waals surface area contributed by atoms with Crippen LogP contribution in [0.4, 0.5) is 5.69 Å². The first kappa shape index (κ1) is 12.3. The summed E-state index contributed by atoms with van der Waals surface area (Å²) in [4.78, 5) is 16.6. The summed E-state index contributed by atoms with van der Waals surface area (Å²) < 4.78 is 0. The molecule has 0 unspecified atom stereocenters. The van der Waals surface area contributed by atoms with Crippen molar-refractivity contribution in [2.24, 2.45) is 0 Å². The van der Waals surface area contributed by atoms with Crippen molar-refractivity contribution < 1.29 is 4.79 Å². The van der Waals surface area contributed by atoms with Gasteiger partial charge in [-0.15, -0.1) is 0 Å². The molecule has 0 aliphatic heterocycles. The van der Waals surface area contributed by atoms with Crippen LogP contribution in [0.1, 0.15) is 21.9 Å². The van der Waals surface area contributed by atoms with E-state index in [0.29, 0.717) is 5.69 Å². The highest BCUT2D eigenvalue weighted by Crippen LogP contribution is 2.23. The van der Waals surface area contributed by atoms with E-state index >= 15 is 0 Å². The van der Waals surface area contributed by atoms with Crippen molar-refractivity contribution in [3.8, 4) is 0 Å².